The third-order valence-corrected chi connectivity index (χ3v) is 3.91. The van der Waals surface area contributed by atoms with Crippen molar-refractivity contribution in [3.05, 3.63) is 33.8 Å². The summed E-state index contributed by atoms with van der Waals surface area (Å²) < 4.78 is 12.0. The molecule has 1 N–H and O–H groups in total. The van der Waals surface area contributed by atoms with E-state index < -0.39 is 10.8 Å². The summed E-state index contributed by atoms with van der Waals surface area (Å²) in [4.78, 5) is 0. The number of nitrogens with one attached hydrogen (secondary N) is 1. The summed E-state index contributed by atoms with van der Waals surface area (Å²) in [5.41, 5.74) is 2.53. The third-order valence-electron chi connectivity index (χ3n) is 2.31. The summed E-state index contributed by atoms with van der Waals surface area (Å²) >= 11 is 3.55. The van der Waals surface area contributed by atoms with Crippen molar-refractivity contribution in [2.75, 3.05) is 18.6 Å². The monoisotopic (exact) mass is 303 g/mol. The lowest BCUT2D eigenvalue weighted by Gasteiger charge is -2.07. The zero-order valence-corrected chi connectivity index (χ0v) is 12.2. The summed E-state index contributed by atoms with van der Waals surface area (Å²) in [6.07, 6.45) is 2.71. The molecule has 0 aromatic heterocycles. The first kappa shape index (κ1) is 13.9. The maximum atomic E-state index is 10.8. The molecule has 0 aliphatic carbocycles. The zero-order chi connectivity index (χ0) is 12.0. The van der Waals surface area contributed by atoms with Gasteiger partial charge in [-0.3, -0.25) is 4.21 Å². The van der Waals surface area contributed by atoms with Crippen LogP contribution in [0.2, 0.25) is 0 Å². The minimum atomic E-state index is -0.670. The van der Waals surface area contributed by atoms with E-state index in [0.29, 0.717) is 0 Å². The maximum absolute atomic E-state index is 10.8. The lowest BCUT2D eigenvalue weighted by atomic mass is 10.1. The van der Waals surface area contributed by atoms with E-state index in [1.807, 2.05) is 0 Å². The van der Waals surface area contributed by atoms with Gasteiger partial charge in [-0.1, -0.05) is 28.1 Å². The normalized spacial score (nSPS) is 12.7. The molecule has 1 aromatic carbocycles. The summed E-state index contributed by atoms with van der Waals surface area (Å²) in [6, 6.07) is 6.37. The first-order valence-electron chi connectivity index (χ1n) is 5.35. The van der Waals surface area contributed by atoms with E-state index in [9.17, 15) is 4.21 Å². The SMILES string of the molecule is Cc1ccc(CNCCCS(C)=O)c(Br)c1. The Morgan fingerprint density at radius 1 is 1.44 bits per heavy atom. The molecule has 16 heavy (non-hydrogen) atoms. The Kier molecular flexibility index (Phi) is 6.24. The van der Waals surface area contributed by atoms with Gasteiger partial charge >= 0.3 is 0 Å². The first-order chi connectivity index (χ1) is 7.59. The number of hydrogen-bond donors (Lipinski definition) is 1. The van der Waals surface area contributed by atoms with E-state index in [4.69, 9.17) is 0 Å². The smallest absolute Gasteiger partial charge is 0.0244 e. The molecule has 0 aliphatic heterocycles. The minimum Gasteiger partial charge on any atom is -0.313 e. The van der Waals surface area contributed by atoms with Crippen LogP contribution in [-0.4, -0.2) is 22.8 Å². The Balaban J connectivity index is 2.29. The maximum Gasteiger partial charge on any atom is 0.0244 e. The van der Waals surface area contributed by atoms with Gasteiger partial charge in [0.25, 0.3) is 0 Å². The molecule has 0 fully saturated rings. The molecule has 1 atom stereocenters. The molecule has 0 bridgehead atoms. The quantitative estimate of drug-likeness (QED) is 0.819. The average Bonchev–Trinajstić information content (AvgIpc) is 2.20. The number of hydrogen-bond acceptors (Lipinski definition) is 2. The van der Waals surface area contributed by atoms with E-state index in [1.165, 1.54) is 11.1 Å². The van der Waals surface area contributed by atoms with Gasteiger partial charge in [0.05, 0.1) is 0 Å². The second kappa shape index (κ2) is 7.20. The van der Waals surface area contributed by atoms with Gasteiger partial charge in [-0.15, -0.1) is 0 Å². The van der Waals surface area contributed by atoms with E-state index in [-0.39, 0.29) is 0 Å². The summed E-state index contributed by atoms with van der Waals surface area (Å²) in [5.74, 6) is 0.780. The molecule has 90 valence electrons. The fourth-order valence-corrected chi connectivity index (χ4v) is 2.60. The van der Waals surface area contributed by atoms with Crippen LogP contribution >= 0.6 is 15.9 Å². The molecule has 0 radical (unpaired) electrons. The van der Waals surface area contributed by atoms with Crippen LogP contribution in [0.4, 0.5) is 0 Å². The van der Waals surface area contributed by atoms with Gasteiger partial charge < -0.3 is 5.32 Å². The van der Waals surface area contributed by atoms with E-state index in [0.717, 1.165) is 29.7 Å². The molecular formula is C12H18BrNOS. The van der Waals surface area contributed by atoms with E-state index in [2.05, 4.69) is 46.4 Å². The highest BCUT2D eigenvalue weighted by molar-refractivity contribution is 9.10. The highest BCUT2D eigenvalue weighted by atomic mass is 79.9. The fourth-order valence-electron chi connectivity index (χ4n) is 1.42. The van der Waals surface area contributed by atoms with Crippen LogP contribution in [0, 0.1) is 6.92 Å². The molecule has 0 saturated heterocycles. The Hall–Kier alpha value is -0.190. The van der Waals surface area contributed by atoms with Gasteiger partial charge in [0.1, 0.15) is 0 Å². The number of rotatable bonds is 6. The minimum absolute atomic E-state index is 0.670. The molecule has 2 nitrogen and oxygen atoms in total. The Morgan fingerprint density at radius 3 is 2.81 bits per heavy atom. The van der Waals surface area contributed by atoms with Crippen LogP contribution in [0.3, 0.4) is 0 Å². The molecule has 0 saturated carbocycles. The Bertz CT molecular complexity index is 368. The molecule has 0 spiro atoms. The van der Waals surface area contributed by atoms with Crippen molar-refractivity contribution in [3.63, 3.8) is 0 Å². The van der Waals surface area contributed by atoms with Crippen molar-refractivity contribution in [1.29, 1.82) is 0 Å². The van der Waals surface area contributed by atoms with Crippen LogP contribution < -0.4 is 5.32 Å². The molecule has 0 heterocycles. The molecule has 4 heteroatoms. The van der Waals surface area contributed by atoms with E-state index >= 15 is 0 Å². The molecular weight excluding hydrogens is 286 g/mol. The van der Waals surface area contributed by atoms with Crippen molar-refractivity contribution in [3.8, 4) is 0 Å². The standard InChI is InChI=1S/C12H18BrNOS/c1-10-4-5-11(12(13)8-10)9-14-6-3-7-16(2)15/h4-5,8,14H,3,6-7,9H2,1-2H3. The van der Waals surface area contributed by atoms with Crippen molar-refractivity contribution in [1.82, 2.24) is 5.32 Å². The molecule has 0 aliphatic rings. The van der Waals surface area contributed by atoms with Gasteiger partial charge in [0, 0.05) is 33.8 Å². The van der Waals surface area contributed by atoms with Gasteiger partial charge in [0.15, 0.2) is 0 Å². The Labute approximate surface area is 108 Å². The molecule has 1 aromatic rings. The van der Waals surface area contributed by atoms with Crippen LogP contribution in [-0.2, 0) is 17.3 Å². The molecule has 0 amide bonds. The second-order valence-corrected chi connectivity index (χ2v) is 6.31. The topological polar surface area (TPSA) is 29.1 Å². The largest absolute Gasteiger partial charge is 0.313 e. The van der Waals surface area contributed by atoms with Crippen molar-refractivity contribution in [2.24, 2.45) is 0 Å². The van der Waals surface area contributed by atoms with Crippen LogP contribution in [0.1, 0.15) is 17.5 Å². The van der Waals surface area contributed by atoms with Crippen molar-refractivity contribution >= 4 is 26.7 Å². The molecule has 1 unspecified atom stereocenters. The average molecular weight is 304 g/mol. The van der Waals surface area contributed by atoms with Gasteiger partial charge in [-0.25, -0.2) is 0 Å². The zero-order valence-electron chi connectivity index (χ0n) is 9.75. The summed E-state index contributed by atoms with van der Waals surface area (Å²) in [7, 11) is -0.670. The van der Waals surface area contributed by atoms with Crippen LogP contribution in [0.25, 0.3) is 0 Å². The lowest BCUT2D eigenvalue weighted by molar-refractivity contribution is 0.661. The summed E-state index contributed by atoms with van der Waals surface area (Å²) in [5, 5.41) is 3.35. The lowest BCUT2D eigenvalue weighted by Crippen LogP contribution is -2.16. The van der Waals surface area contributed by atoms with Crippen LogP contribution in [0.15, 0.2) is 22.7 Å². The first-order valence-corrected chi connectivity index (χ1v) is 7.87. The molecule has 1 rings (SSSR count). The second-order valence-electron chi connectivity index (χ2n) is 3.90. The highest BCUT2D eigenvalue weighted by Crippen LogP contribution is 2.17. The third kappa shape index (κ3) is 5.23. The number of halogens is 1. The van der Waals surface area contributed by atoms with Crippen molar-refractivity contribution < 1.29 is 4.21 Å². The number of benzene rings is 1. The predicted molar refractivity (Wildman–Crippen MR) is 74.1 cm³/mol. The predicted octanol–water partition coefficient (Wildman–Crippen LogP) is 2.62. The highest BCUT2D eigenvalue weighted by Gasteiger charge is 1.99. The fraction of sp³-hybridized carbons (Fsp3) is 0.500. The van der Waals surface area contributed by atoms with Crippen molar-refractivity contribution in [2.45, 2.75) is 19.9 Å². The summed E-state index contributed by atoms with van der Waals surface area (Å²) in [6.45, 7) is 3.86. The number of aryl methyl sites for hydroxylation is 1. The van der Waals surface area contributed by atoms with Gasteiger partial charge in [-0.2, -0.15) is 0 Å². The van der Waals surface area contributed by atoms with Gasteiger partial charge in [0.2, 0.25) is 0 Å². The Morgan fingerprint density at radius 2 is 2.19 bits per heavy atom. The van der Waals surface area contributed by atoms with Gasteiger partial charge in [-0.05, 0) is 37.1 Å². The van der Waals surface area contributed by atoms with E-state index in [1.54, 1.807) is 6.26 Å². The van der Waals surface area contributed by atoms with Crippen LogP contribution in [0.5, 0.6) is 0 Å².